The lowest BCUT2D eigenvalue weighted by atomic mass is 10.0. The predicted octanol–water partition coefficient (Wildman–Crippen LogP) is 10.1. The number of aliphatic hydroxyl groups is 1. The summed E-state index contributed by atoms with van der Waals surface area (Å²) in [5.41, 5.74) is 0. The number of esters is 1. The summed E-state index contributed by atoms with van der Waals surface area (Å²) in [6.07, 6.45) is 46.8. The number of hydrogen-bond acceptors (Lipinski definition) is 6. The number of aliphatic carboxylic acids is 1. The molecule has 308 valence electrons. The Balaban J connectivity index is 4.36. The van der Waals surface area contributed by atoms with Crippen molar-refractivity contribution in [3.05, 3.63) is 60.8 Å². The number of carboxylic acid groups (broad SMARTS) is 1. The van der Waals surface area contributed by atoms with E-state index in [1.54, 1.807) is 0 Å². The summed E-state index contributed by atoms with van der Waals surface area (Å²) in [5.74, 6) is -2.36. The molecule has 0 aliphatic carbocycles. The zero-order valence-electron chi connectivity index (χ0n) is 34.0. The first-order valence-electron chi connectivity index (χ1n) is 21.2. The number of rotatable bonds is 37. The van der Waals surface area contributed by atoms with E-state index in [1.807, 2.05) is 0 Å². The molecule has 54 heavy (non-hydrogen) atoms. The zero-order chi connectivity index (χ0) is 39.7. The summed E-state index contributed by atoms with van der Waals surface area (Å²) < 4.78 is 5.98. The Kier molecular flexibility index (Phi) is 36.7. The molecule has 2 atom stereocenters. The highest BCUT2D eigenvalue weighted by Gasteiger charge is 2.19. The van der Waals surface area contributed by atoms with Crippen LogP contribution in [0.1, 0.15) is 174 Å². The van der Waals surface area contributed by atoms with Crippen LogP contribution in [0.25, 0.3) is 0 Å². The number of hydrogen-bond donors (Lipinski definition) is 4. The molecule has 0 saturated carbocycles. The summed E-state index contributed by atoms with van der Waals surface area (Å²) >= 11 is 0. The lowest BCUT2D eigenvalue weighted by Crippen LogP contribution is -2.47. The first-order valence-corrected chi connectivity index (χ1v) is 21.2. The van der Waals surface area contributed by atoms with Gasteiger partial charge in [-0.2, -0.15) is 0 Å². The van der Waals surface area contributed by atoms with Gasteiger partial charge < -0.3 is 25.6 Å². The van der Waals surface area contributed by atoms with Crippen molar-refractivity contribution in [1.82, 2.24) is 10.6 Å². The van der Waals surface area contributed by atoms with Gasteiger partial charge >= 0.3 is 11.9 Å². The van der Waals surface area contributed by atoms with Gasteiger partial charge in [-0.3, -0.25) is 14.4 Å². The molecule has 0 radical (unpaired) electrons. The van der Waals surface area contributed by atoms with Crippen molar-refractivity contribution < 1.29 is 34.1 Å². The third-order valence-electron chi connectivity index (χ3n) is 9.03. The second-order valence-electron chi connectivity index (χ2n) is 14.1. The molecule has 9 nitrogen and oxygen atoms in total. The molecule has 0 aromatic carbocycles. The van der Waals surface area contributed by atoms with Gasteiger partial charge in [0.05, 0.1) is 13.2 Å². The molecule has 2 amide bonds. The number of nitrogens with one attached hydrogen (secondary N) is 2. The van der Waals surface area contributed by atoms with Gasteiger partial charge in [0, 0.05) is 12.8 Å². The van der Waals surface area contributed by atoms with E-state index in [4.69, 9.17) is 14.9 Å². The van der Waals surface area contributed by atoms with Gasteiger partial charge in [-0.1, -0.05) is 145 Å². The Morgan fingerprint density at radius 2 is 1.06 bits per heavy atom. The largest absolute Gasteiger partial charge is 0.480 e. The van der Waals surface area contributed by atoms with Crippen molar-refractivity contribution in [2.75, 3.05) is 13.2 Å². The second-order valence-corrected chi connectivity index (χ2v) is 14.1. The van der Waals surface area contributed by atoms with E-state index in [2.05, 4.69) is 85.2 Å². The van der Waals surface area contributed by atoms with Crippen molar-refractivity contribution >= 4 is 23.8 Å². The highest BCUT2D eigenvalue weighted by atomic mass is 16.5. The van der Waals surface area contributed by atoms with E-state index < -0.39 is 24.5 Å². The summed E-state index contributed by atoms with van der Waals surface area (Å²) in [7, 11) is 0. The number of carbonyl (C=O) groups is 4. The van der Waals surface area contributed by atoms with E-state index in [-0.39, 0.29) is 30.9 Å². The van der Waals surface area contributed by atoms with Crippen LogP contribution in [0.15, 0.2) is 60.8 Å². The zero-order valence-corrected chi connectivity index (χ0v) is 34.0. The van der Waals surface area contributed by atoms with Gasteiger partial charge in [0.1, 0.15) is 12.1 Å². The average molecular weight is 757 g/mol. The van der Waals surface area contributed by atoms with Crippen LogP contribution in [0.4, 0.5) is 0 Å². The number of carbonyl (C=O) groups excluding carboxylic acids is 3. The van der Waals surface area contributed by atoms with E-state index in [9.17, 15) is 19.2 Å². The molecule has 0 spiro atoms. The Morgan fingerprint density at radius 1 is 0.574 bits per heavy atom. The van der Waals surface area contributed by atoms with Gasteiger partial charge in [0.2, 0.25) is 11.8 Å². The SMILES string of the molecule is CC/C=C\C/C=C\C/C=C\C/C=C\C/C=C\CCCC(=O)OC(CCCCCCCCCCC)CCCCCCCC(=O)NCC(=O)NC(CO)C(=O)O. The minimum Gasteiger partial charge on any atom is -0.480 e. The minimum atomic E-state index is -1.39. The first kappa shape index (κ1) is 50.5. The maximum Gasteiger partial charge on any atom is 0.328 e. The van der Waals surface area contributed by atoms with Crippen LogP contribution >= 0.6 is 0 Å². The molecule has 0 heterocycles. The maximum absolute atomic E-state index is 12.7. The Hall–Kier alpha value is -3.46. The molecule has 0 saturated heterocycles. The van der Waals surface area contributed by atoms with Crippen LogP contribution in [-0.4, -0.2) is 59.3 Å². The summed E-state index contributed by atoms with van der Waals surface area (Å²) in [4.78, 5) is 47.5. The van der Waals surface area contributed by atoms with E-state index >= 15 is 0 Å². The second kappa shape index (κ2) is 39.2. The number of ether oxygens (including phenoxy) is 1. The van der Waals surface area contributed by atoms with Crippen LogP contribution in [0.3, 0.4) is 0 Å². The summed E-state index contributed by atoms with van der Waals surface area (Å²) in [5, 5.41) is 22.5. The van der Waals surface area contributed by atoms with Crippen LogP contribution in [0.2, 0.25) is 0 Å². The van der Waals surface area contributed by atoms with Crippen LogP contribution in [0, 0.1) is 0 Å². The van der Waals surface area contributed by atoms with Gasteiger partial charge in [-0.15, -0.1) is 0 Å². The molecule has 9 heteroatoms. The quantitative estimate of drug-likeness (QED) is 0.0281. The predicted molar refractivity (Wildman–Crippen MR) is 222 cm³/mol. The minimum absolute atomic E-state index is 0.0424. The number of allylic oxidation sites excluding steroid dienone is 10. The topological polar surface area (TPSA) is 142 Å². The summed E-state index contributed by atoms with van der Waals surface area (Å²) in [6.45, 7) is 3.34. The highest BCUT2D eigenvalue weighted by Crippen LogP contribution is 2.18. The molecule has 0 aromatic rings. The number of carboxylic acids is 1. The number of unbranched alkanes of at least 4 members (excludes halogenated alkanes) is 13. The number of amides is 2. The van der Waals surface area contributed by atoms with Crippen LogP contribution in [-0.2, 0) is 23.9 Å². The lowest BCUT2D eigenvalue weighted by molar-refractivity contribution is -0.150. The van der Waals surface area contributed by atoms with Crippen LogP contribution in [0.5, 0.6) is 0 Å². The monoisotopic (exact) mass is 757 g/mol. The molecule has 2 unspecified atom stereocenters. The van der Waals surface area contributed by atoms with E-state index in [0.29, 0.717) is 12.8 Å². The highest BCUT2D eigenvalue weighted by molar-refractivity contribution is 5.87. The molecular weight excluding hydrogens is 681 g/mol. The van der Waals surface area contributed by atoms with E-state index in [0.717, 1.165) is 89.9 Å². The van der Waals surface area contributed by atoms with Crippen molar-refractivity contribution in [3.63, 3.8) is 0 Å². The van der Waals surface area contributed by atoms with Crippen molar-refractivity contribution in [2.24, 2.45) is 0 Å². The van der Waals surface area contributed by atoms with Crippen molar-refractivity contribution in [1.29, 1.82) is 0 Å². The molecule has 0 rings (SSSR count). The fraction of sp³-hybridized carbons (Fsp3) is 0.689. The maximum atomic E-state index is 12.7. The van der Waals surface area contributed by atoms with Gasteiger partial charge in [0.25, 0.3) is 0 Å². The summed E-state index contributed by atoms with van der Waals surface area (Å²) in [6, 6.07) is -1.39. The average Bonchev–Trinajstić information content (AvgIpc) is 3.15. The van der Waals surface area contributed by atoms with Crippen molar-refractivity contribution in [3.8, 4) is 0 Å². The molecule has 0 fully saturated rings. The first-order chi connectivity index (χ1) is 26.3. The number of aliphatic hydroxyl groups excluding tert-OH is 1. The molecule has 0 bridgehead atoms. The molecular formula is C45H76N2O7. The normalized spacial score (nSPS) is 13.1. The van der Waals surface area contributed by atoms with E-state index in [1.165, 1.54) is 51.4 Å². The Morgan fingerprint density at radius 3 is 1.56 bits per heavy atom. The fourth-order valence-corrected chi connectivity index (χ4v) is 5.81. The van der Waals surface area contributed by atoms with Gasteiger partial charge in [-0.25, -0.2) is 4.79 Å². The third-order valence-corrected chi connectivity index (χ3v) is 9.03. The molecule has 4 N–H and O–H groups in total. The van der Waals surface area contributed by atoms with Crippen LogP contribution < -0.4 is 10.6 Å². The van der Waals surface area contributed by atoms with Crippen molar-refractivity contribution in [2.45, 2.75) is 187 Å². The molecule has 0 aliphatic rings. The Bertz CT molecular complexity index is 1100. The third kappa shape index (κ3) is 35.6. The van der Waals surface area contributed by atoms with Gasteiger partial charge in [0.15, 0.2) is 0 Å². The smallest absolute Gasteiger partial charge is 0.328 e. The fourth-order valence-electron chi connectivity index (χ4n) is 5.81. The molecule has 0 aromatic heterocycles. The van der Waals surface area contributed by atoms with Gasteiger partial charge in [-0.05, 0) is 77.0 Å². The lowest BCUT2D eigenvalue weighted by Gasteiger charge is -2.18. The molecule has 0 aliphatic heterocycles. The standard InChI is InChI=1S/C45H76N2O7/c1-3-5-7-9-11-13-14-15-16-17-18-19-20-22-24-29-33-37-44(51)54-40(34-30-26-23-21-12-10-8-6-4-2)35-31-27-25-28-32-36-42(49)46-38-43(50)47-41(39-48)45(52)53/h5,7,11,13,15-16,18-19,22,24,40-41,48H,3-4,6,8-10,12,14,17,20-21,23,25-39H2,1-2H3,(H,46,49)(H,47,50)(H,52,53)/b7-5-,13-11-,16-15-,19-18-,24-22-. The Labute approximate surface area is 328 Å².